The van der Waals surface area contributed by atoms with Crippen LogP contribution in [-0.2, 0) is 0 Å². The van der Waals surface area contributed by atoms with Crippen molar-refractivity contribution in [3.63, 3.8) is 0 Å². The summed E-state index contributed by atoms with van der Waals surface area (Å²) in [5.74, 6) is 0. The number of aromatic amines is 1. The molecule has 2 aromatic rings. The predicted molar refractivity (Wildman–Crippen MR) is 43.9 cm³/mol. The van der Waals surface area contributed by atoms with E-state index in [2.05, 4.69) is 15.2 Å². The van der Waals surface area contributed by atoms with Crippen LogP contribution in [0.3, 0.4) is 0 Å². The Morgan fingerprint density at radius 3 is 3.00 bits per heavy atom. The molecule has 3 nitrogen and oxygen atoms in total. The molecule has 0 radical (unpaired) electrons. The summed E-state index contributed by atoms with van der Waals surface area (Å²) in [4.78, 5) is 3.97. The fourth-order valence-electron chi connectivity index (χ4n) is 0.831. The lowest BCUT2D eigenvalue weighted by molar-refractivity contribution is 1.12. The summed E-state index contributed by atoms with van der Waals surface area (Å²) in [7, 11) is 0. The maximum Gasteiger partial charge on any atom is 0.148 e. The number of H-pyrrole nitrogens is 1. The van der Waals surface area contributed by atoms with Crippen molar-refractivity contribution in [2.45, 2.75) is 0 Å². The van der Waals surface area contributed by atoms with Crippen molar-refractivity contribution in [2.24, 2.45) is 0 Å². The number of pyridine rings is 1. The highest BCUT2D eigenvalue weighted by Crippen LogP contribution is 2.22. The van der Waals surface area contributed by atoms with Gasteiger partial charge in [0.25, 0.3) is 0 Å². The Hall–Kier alpha value is -0.800. The van der Waals surface area contributed by atoms with Crippen molar-refractivity contribution < 1.29 is 0 Å². The number of hydrogen-bond donors (Lipinski definition) is 1. The van der Waals surface area contributed by atoms with Gasteiger partial charge in [-0.15, -0.1) is 0 Å². The van der Waals surface area contributed by atoms with Gasteiger partial charge in [0.2, 0.25) is 0 Å². The summed E-state index contributed by atoms with van der Waals surface area (Å²) in [6.07, 6.45) is 1.59. The van der Waals surface area contributed by atoms with E-state index in [1.807, 2.05) is 0 Å². The van der Waals surface area contributed by atoms with Gasteiger partial charge in [-0.25, -0.2) is 4.98 Å². The summed E-state index contributed by atoms with van der Waals surface area (Å²) in [5.41, 5.74) is 1.51. The molecule has 0 saturated carbocycles. The molecule has 0 saturated heterocycles. The van der Waals surface area contributed by atoms with Crippen LogP contribution < -0.4 is 0 Å². The number of nitrogens with one attached hydrogen (secondary N) is 1. The summed E-state index contributed by atoms with van der Waals surface area (Å²) < 4.78 is 0. The van der Waals surface area contributed by atoms with Crippen molar-refractivity contribution >= 4 is 34.2 Å². The summed E-state index contributed by atoms with van der Waals surface area (Å²) in [5, 5.41) is 7.25. The van der Waals surface area contributed by atoms with E-state index in [1.165, 1.54) is 0 Å². The lowest BCUT2D eigenvalue weighted by Crippen LogP contribution is -1.77. The molecular formula is C6H3Cl2N3. The normalized spacial score (nSPS) is 10.7. The first-order chi connectivity index (χ1) is 5.27. The fraction of sp³-hybridized carbons (Fsp3) is 0. The highest BCUT2D eigenvalue weighted by molar-refractivity contribution is 6.41. The zero-order chi connectivity index (χ0) is 7.84. The number of halogens is 2. The van der Waals surface area contributed by atoms with Crippen molar-refractivity contribution in [3.05, 3.63) is 22.4 Å². The van der Waals surface area contributed by atoms with Gasteiger partial charge < -0.3 is 0 Å². The van der Waals surface area contributed by atoms with Crippen LogP contribution in [0.1, 0.15) is 0 Å². The van der Waals surface area contributed by atoms with E-state index in [4.69, 9.17) is 23.2 Å². The second kappa shape index (κ2) is 2.36. The molecule has 0 aliphatic heterocycles. The topological polar surface area (TPSA) is 41.6 Å². The molecule has 0 unspecified atom stereocenters. The Morgan fingerprint density at radius 1 is 1.36 bits per heavy atom. The van der Waals surface area contributed by atoms with Gasteiger partial charge in [-0.3, -0.25) is 5.10 Å². The van der Waals surface area contributed by atoms with Crippen molar-refractivity contribution in [1.29, 1.82) is 0 Å². The molecule has 0 spiro atoms. The molecule has 0 bridgehead atoms. The van der Waals surface area contributed by atoms with Crippen LogP contribution in [0.15, 0.2) is 12.3 Å². The fourth-order valence-corrected chi connectivity index (χ4v) is 1.13. The molecule has 5 heteroatoms. The van der Waals surface area contributed by atoms with E-state index in [0.717, 1.165) is 11.0 Å². The van der Waals surface area contributed by atoms with Gasteiger partial charge in [0.1, 0.15) is 10.7 Å². The summed E-state index contributed by atoms with van der Waals surface area (Å²) >= 11 is 11.4. The van der Waals surface area contributed by atoms with E-state index in [9.17, 15) is 0 Å². The van der Waals surface area contributed by atoms with Gasteiger partial charge in [0.05, 0.1) is 16.7 Å². The van der Waals surface area contributed by atoms with Crippen LogP contribution >= 0.6 is 23.2 Å². The van der Waals surface area contributed by atoms with Crippen LogP contribution in [0.5, 0.6) is 0 Å². The molecule has 2 aromatic heterocycles. The molecule has 0 aliphatic rings. The molecule has 0 aromatic carbocycles. The van der Waals surface area contributed by atoms with Crippen LogP contribution in [0, 0.1) is 0 Å². The second-order valence-corrected chi connectivity index (χ2v) is 2.83. The predicted octanol–water partition coefficient (Wildman–Crippen LogP) is 2.26. The third-order valence-corrected chi connectivity index (χ3v) is 2.01. The number of nitrogens with zero attached hydrogens (tertiary/aromatic N) is 2. The maximum absolute atomic E-state index is 5.70. The minimum absolute atomic E-state index is 0.306. The van der Waals surface area contributed by atoms with Gasteiger partial charge in [-0.1, -0.05) is 23.2 Å². The SMILES string of the molecule is Clc1cc2[nH]ncc2nc1Cl. The maximum atomic E-state index is 5.70. The summed E-state index contributed by atoms with van der Waals surface area (Å²) in [6.45, 7) is 0. The third-order valence-electron chi connectivity index (χ3n) is 1.33. The number of fused-ring (bicyclic) bond motifs is 1. The lowest BCUT2D eigenvalue weighted by Gasteiger charge is -1.92. The molecule has 0 fully saturated rings. The third kappa shape index (κ3) is 1.06. The first-order valence-corrected chi connectivity index (χ1v) is 3.68. The Labute approximate surface area is 72.3 Å². The van der Waals surface area contributed by atoms with Gasteiger partial charge in [0, 0.05) is 0 Å². The molecule has 1 N–H and O–H groups in total. The van der Waals surface area contributed by atoms with E-state index in [-0.39, 0.29) is 0 Å². The monoisotopic (exact) mass is 187 g/mol. The van der Waals surface area contributed by atoms with Crippen LogP contribution in [0.2, 0.25) is 10.2 Å². The summed E-state index contributed by atoms with van der Waals surface area (Å²) in [6, 6.07) is 1.69. The zero-order valence-electron chi connectivity index (χ0n) is 5.31. The number of hydrogen-bond acceptors (Lipinski definition) is 2. The van der Waals surface area contributed by atoms with Gasteiger partial charge >= 0.3 is 0 Å². The molecule has 0 amide bonds. The minimum atomic E-state index is 0.306. The minimum Gasteiger partial charge on any atom is -0.276 e. The first-order valence-electron chi connectivity index (χ1n) is 2.92. The average Bonchev–Trinajstić information content (AvgIpc) is 2.36. The molecule has 2 heterocycles. The van der Waals surface area contributed by atoms with Gasteiger partial charge in [-0.2, -0.15) is 5.10 Å². The largest absolute Gasteiger partial charge is 0.276 e. The van der Waals surface area contributed by atoms with Crippen LogP contribution in [-0.4, -0.2) is 15.2 Å². The molecule has 0 atom stereocenters. The Bertz CT molecular complexity index is 360. The number of aromatic nitrogens is 3. The molecule has 11 heavy (non-hydrogen) atoms. The smallest absolute Gasteiger partial charge is 0.148 e. The van der Waals surface area contributed by atoms with E-state index in [0.29, 0.717) is 10.2 Å². The first kappa shape index (κ1) is 6.88. The molecular weight excluding hydrogens is 185 g/mol. The zero-order valence-corrected chi connectivity index (χ0v) is 6.82. The van der Waals surface area contributed by atoms with Gasteiger partial charge in [0.15, 0.2) is 0 Å². The molecule has 56 valence electrons. The van der Waals surface area contributed by atoms with Gasteiger partial charge in [-0.05, 0) is 6.07 Å². The second-order valence-electron chi connectivity index (χ2n) is 2.06. The van der Waals surface area contributed by atoms with Crippen molar-refractivity contribution in [1.82, 2.24) is 15.2 Å². The van der Waals surface area contributed by atoms with E-state index < -0.39 is 0 Å². The van der Waals surface area contributed by atoms with Crippen LogP contribution in [0.4, 0.5) is 0 Å². The highest BCUT2D eigenvalue weighted by atomic mass is 35.5. The number of rotatable bonds is 0. The molecule has 2 rings (SSSR count). The Kier molecular flexibility index (Phi) is 1.47. The molecule has 0 aliphatic carbocycles. The quantitative estimate of drug-likeness (QED) is 0.644. The van der Waals surface area contributed by atoms with Crippen LogP contribution in [0.25, 0.3) is 11.0 Å². The Morgan fingerprint density at radius 2 is 2.18 bits per heavy atom. The lowest BCUT2D eigenvalue weighted by atomic mass is 10.4. The Balaban J connectivity index is 2.86. The standard InChI is InChI=1S/C6H3Cl2N3/c7-3-1-4-5(2-9-11-4)10-6(3)8/h1-2H,(H,9,11). The highest BCUT2D eigenvalue weighted by Gasteiger charge is 2.02. The van der Waals surface area contributed by atoms with E-state index in [1.54, 1.807) is 12.3 Å². The van der Waals surface area contributed by atoms with Crippen molar-refractivity contribution in [2.75, 3.05) is 0 Å². The van der Waals surface area contributed by atoms with E-state index >= 15 is 0 Å². The van der Waals surface area contributed by atoms with Crippen molar-refractivity contribution in [3.8, 4) is 0 Å². The average molecular weight is 188 g/mol.